The molecular weight excluding hydrogens is 702 g/mol. The molecule has 4 aromatic carbocycles. The lowest BCUT2D eigenvalue weighted by molar-refractivity contribution is -0.0710. The Morgan fingerprint density at radius 3 is 2.45 bits per heavy atom. The summed E-state index contributed by atoms with van der Waals surface area (Å²) in [6.45, 7) is 7.94. The van der Waals surface area contributed by atoms with Gasteiger partial charge in [0.15, 0.2) is 5.58 Å². The maximum Gasteiger partial charge on any atom is 0.410 e. The van der Waals surface area contributed by atoms with E-state index >= 15 is 0 Å². The van der Waals surface area contributed by atoms with Gasteiger partial charge in [0, 0.05) is 35.3 Å². The maximum absolute atomic E-state index is 13.6. The summed E-state index contributed by atoms with van der Waals surface area (Å²) in [6.07, 6.45) is 1.47. The van der Waals surface area contributed by atoms with Crippen LogP contribution in [0, 0.1) is 18.3 Å². The number of nitrogens with zero attached hydrogens (tertiary/aromatic N) is 5. The largest absolute Gasteiger partial charge is 0.496 e. The first-order chi connectivity index (χ1) is 26.4. The topological polar surface area (TPSA) is 162 Å². The molecule has 55 heavy (non-hydrogen) atoms. The molecule has 3 heterocycles. The summed E-state index contributed by atoms with van der Waals surface area (Å²) in [5.74, 6) is 1.27. The van der Waals surface area contributed by atoms with Crippen LogP contribution in [0.2, 0.25) is 0 Å². The molecule has 1 fully saturated rings. The molecule has 13 nitrogen and oxygen atoms in total. The number of aromatic nitrogens is 3. The number of ether oxygens (including phenoxy) is 4. The van der Waals surface area contributed by atoms with Gasteiger partial charge < -0.3 is 28.5 Å². The number of methoxy groups -OCH3 is 2. The van der Waals surface area contributed by atoms with Gasteiger partial charge in [-0.2, -0.15) is 10.4 Å². The molecule has 13 heteroatoms. The highest BCUT2D eigenvalue weighted by atomic mass is 16.6. The molecule has 1 aliphatic heterocycles. The van der Waals surface area contributed by atoms with Gasteiger partial charge in [-0.3, -0.25) is 9.69 Å². The average molecular weight is 744 g/mol. The number of benzene rings is 4. The third-order valence-electron chi connectivity index (χ3n) is 9.72. The minimum absolute atomic E-state index is 0.0546. The van der Waals surface area contributed by atoms with E-state index in [0.717, 1.165) is 33.2 Å². The third-order valence-corrected chi connectivity index (χ3v) is 9.72. The molecule has 1 amide bonds. The molecule has 6 aromatic rings. The number of carbonyl (C=O) groups is 2. The number of nitriles is 1. The fourth-order valence-corrected chi connectivity index (χ4v) is 7.10. The van der Waals surface area contributed by atoms with Gasteiger partial charge in [0.2, 0.25) is 5.89 Å². The number of aliphatic hydroxyl groups is 1. The lowest BCUT2D eigenvalue weighted by atomic mass is 9.94. The lowest BCUT2D eigenvalue weighted by Gasteiger charge is -2.38. The van der Waals surface area contributed by atoms with Crippen molar-refractivity contribution in [2.45, 2.75) is 58.4 Å². The highest BCUT2D eigenvalue weighted by molar-refractivity contribution is 5.97. The zero-order chi connectivity index (χ0) is 39.0. The van der Waals surface area contributed by atoms with Gasteiger partial charge in [-0.1, -0.05) is 24.3 Å². The summed E-state index contributed by atoms with van der Waals surface area (Å²) in [6, 6.07) is 20.1. The van der Waals surface area contributed by atoms with Crippen LogP contribution in [-0.2, 0) is 16.0 Å². The van der Waals surface area contributed by atoms with E-state index in [1.807, 2.05) is 55.5 Å². The van der Waals surface area contributed by atoms with Crippen LogP contribution in [0.5, 0.6) is 11.5 Å². The molecule has 0 unspecified atom stereocenters. The number of hydrogen-bond donors (Lipinski definition) is 1. The Kier molecular flexibility index (Phi) is 10.0. The highest BCUT2D eigenvalue weighted by Crippen LogP contribution is 2.39. The molecule has 282 valence electrons. The monoisotopic (exact) mass is 743 g/mol. The number of aliphatic hydroxyl groups excluding tert-OH is 1. The van der Waals surface area contributed by atoms with Crippen LogP contribution in [0.15, 0.2) is 71.3 Å². The second kappa shape index (κ2) is 14.9. The van der Waals surface area contributed by atoms with Crippen molar-refractivity contribution in [1.29, 1.82) is 5.26 Å². The van der Waals surface area contributed by atoms with E-state index in [0.29, 0.717) is 64.6 Å². The molecule has 2 aromatic heterocycles. The third kappa shape index (κ3) is 7.09. The van der Waals surface area contributed by atoms with E-state index < -0.39 is 23.8 Å². The Labute approximate surface area is 317 Å². The smallest absolute Gasteiger partial charge is 0.410 e. The van der Waals surface area contributed by atoms with Crippen molar-refractivity contribution in [2.75, 3.05) is 27.4 Å². The maximum atomic E-state index is 13.6. The summed E-state index contributed by atoms with van der Waals surface area (Å²) >= 11 is 0. The van der Waals surface area contributed by atoms with Crippen molar-refractivity contribution < 1.29 is 38.1 Å². The fraction of sp³-hybridized carbons (Fsp3) is 0.310. The van der Waals surface area contributed by atoms with E-state index in [-0.39, 0.29) is 18.7 Å². The Morgan fingerprint density at radius 1 is 1.07 bits per heavy atom. The zero-order valence-electron chi connectivity index (χ0n) is 31.5. The molecule has 1 saturated heterocycles. The van der Waals surface area contributed by atoms with Crippen LogP contribution in [0.25, 0.3) is 50.3 Å². The van der Waals surface area contributed by atoms with E-state index in [1.54, 1.807) is 51.9 Å². The number of oxazole rings is 1. The fourth-order valence-electron chi connectivity index (χ4n) is 7.10. The van der Waals surface area contributed by atoms with Crippen LogP contribution < -0.4 is 9.47 Å². The Morgan fingerprint density at radius 2 is 1.78 bits per heavy atom. The first kappa shape index (κ1) is 37.1. The van der Waals surface area contributed by atoms with E-state index in [1.165, 1.54) is 11.0 Å². The first-order valence-electron chi connectivity index (χ1n) is 17.8. The van der Waals surface area contributed by atoms with Crippen LogP contribution in [-0.4, -0.2) is 82.3 Å². The quantitative estimate of drug-likeness (QED) is 0.147. The van der Waals surface area contributed by atoms with Crippen molar-refractivity contribution >= 4 is 34.4 Å². The second-order valence-electron chi connectivity index (χ2n) is 14.4. The van der Waals surface area contributed by atoms with E-state index in [9.17, 15) is 20.0 Å². The normalized spacial score (nSPS) is 15.8. The van der Waals surface area contributed by atoms with E-state index in [4.69, 9.17) is 28.5 Å². The molecule has 0 spiro atoms. The molecule has 2 atom stereocenters. The van der Waals surface area contributed by atoms with E-state index in [2.05, 4.69) is 11.1 Å². The standard InChI is InChI=1S/C42H41N5O8/c1-24-28(9-7-10-29(24)40-45-33-16-25(22-48)15-26(19-43)39(33)54-40)30-11-8-12-34-31(30)20-44-47(34)27-17-37(51-5)32(38(18-27)52-6)21-46(41(50)55-42(2,3)4)35-13-14-53-23-36(35)49/h7-12,15-18,20,22,35-36,49H,13-14,21,23H2,1-6H3/t35-,36-/m0/s1. The molecule has 1 N–H and O–H groups in total. The highest BCUT2D eigenvalue weighted by Gasteiger charge is 2.36. The Bertz CT molecular complexity index is 2450. The van der Waals surface area contributed by atoms with Crippen LogP contribution in [0.3, 0.4) is 0 Å². The van der Waals surface area contributed by atoms with Crippen LogP contribution in [0.1, 0.15) is 54.2 Å². The minimum atomic E-state index is -0.894. The molecule has 7 rings (SSSR count). The molecule has 0 saturated carbocycles. The number of carbonyl (C=O) groups excluding carboxylic acids is 2. The summed E-state index contributed by atoms with van der Waals surface area (Å²) in [7, 11) is 3.11. The molecule has 0 radical (unpaired) electrons. The summed E-state index contributed by atoms with van der Waals surface area (Å²) in [5, 5.41) is 26.2. The van der Waals surface area contributed by atoms with Gasteiger partial charge in [-0.05, 0) is 75.1 Å². The first-order valence-corrected chi connectivity index (χ1v) is 17.8. The molecule has 0 aliphatic carbocycles. The van der Waals surface area contributed by atoms with Crippen molar-refractivity contribution in [3.63, 3.8) is 0 Å². The molecule has 1 aliphatic rings. The predicted molar refractivity (Wildman–Crippen MR) is 204 cm³/mol. The summed E-state index contributed by atoms with van der Waals surface area (Å²) in [5.41, 5.74) is 6.19. The summed E-state index contributed by atoms with van der Waals surface area (Å²) < 4.78 is 31.0. The van der Waals surface area contributed by atoms with Crippen molar-refractivity contribution in [2.24, 2.45) is 0 Å². The average Bonchev–Trinajstić information content (AvgIpc) is 3.81. The van der Waals surface area contributed by atoms with Crippen molar-refractivity contribution in [3.8, 4) is 45.8 Å². The number of rotatable bonds is 9. The van der Waals surface area contributed by atoms with Crippen LogP contribution in [0.4, 0.5) is 4.79 Å². The summed E-state index contributed by atoms with van der Waals surface area (Å²) in [4.78, 5) is 31.2. The lowest BCUT2D eigenvalue weighted by Crippen LogP contribution is -2.52. The van der Waals surface area contributed by atoms with Gasteiger partial charge >= 0.3 is 6.09 Å². The minimum Gasteiger partial charge on any atom is -0.496 e. The second-order valence-corrected chi connectivity index (χ2v) is 14.4. The SMILES string of the molecule is COc1cc(-n2ncc3c(-c4cccc(-c5nc6cc(C=O)cc(C#N)c6o5)c4C)cccc32)cc(OC)c1CN(C(=O)OC(C)(C)C)[C@H]1CCOC[C@@H]1O. The van der Waals surface area contributed by atoms with Gasteiger partial charge in [0.1, 0.15) is 35.0 Å². The number of hydrogen-bond acceptors (Lipinski definition) is 11. The molecule has 0 bridgehead atoms. The van der Waals surface area contributed by atoms with Crippen molar-refractivity contribution in [3.05, 3.63) is 89.1 Å². The zero-order valence-corrected chi connectivity index (χ0v) is 31.5. The van der Waals surface area contributed by atoms with Gasteiger partial charge in [-0.25, -0.2) is 14.5 Å². The van der Waals surface area contributed by atoms with Crippen molar-refractivity contribution in [1.82, 2.24) is 19.7 Å². The molecular formula is C42H41N5O8. The van der Waals surface area contributed by atoms with Crippen LogP contribution >= 0.6 is 0 Å². The number of fused-ring (bicyclic) bond motifs is 2. The number of aldehydes is 1. The Hall–Kier alpha value is -6.23. The Balaban J connectivity index is 1.27. The van der Waals surface area contributed by atoms with Gasteiger partial charge in [0.05, 0.1) is 68.0 Å². The number of amides is 1. The van der Waals surface area contributed by atoms with Gasteiger partial charge in [-0.15, -0.1) is 0 Å². The van der Waals surface area contributed by atoms with Gasteiger partial charge in [0.25, 0.3) is 0 Å². The predicted octanol–water partition coefficient (Wildman–Crippen LogP) is 7.40.